The number of aryl methyl sites for hydroxylation is 3. The van der Waals surface area contributed by atoms with Crippen LogP contribution in [0, 0.1) is 19.8 Å². The Kier molecular flexibility index (Phi) is 3.90. The molecule has 0 amide bonds. The minimum atomic E-state index is -3.40. The predicted octanol–water partition coefficient (Wildman–Crippen LogP) is 2.10. The molecular formula is C14H19N3O2S2. The molecular weight excluding hydrogens is 306 g/mol. The monoisotopic (exact) mass is 325 g/mol. The molecule has 0 bridgehead atoms. The Morgan fingerprint density at radius 1 is 1.48 bits per heavy atom. The lowest BCUT2D eigenvalue weighted by Gasteiger charge is -2.23. The van der Waals surface area contributed by atoms with E-state index in [0.717, 1.165) is 35.0 Å². The van der Waals surface area contributed by atoms with Crippen molar-refractivity contribution in [2.45, 2.75) is 38.1 Å². The van der Waals surface area contributed by atoms with Gasteiger partial charge in [-0.3, -0.25) is 0 Å². The zero-order valence-corrected chi connectivity index (χ0v) is 13.8. The number of hydrogen-bond acceptors (Lipinski definition) is 4. The van der Waals surface area contributed by atoms with Crippen LogP contribution in [0.1, 0.15) is 22.0 Å². The summed E-state index contributed by atoms with van der Waals surface area (Å²) in [5.74, 6) is 1.36. The average Bonchev–Trinajstić information content (AvgIpc) is 3.02. The second-order valence-corrected chi connectivity index (χ2v) is 8.72. The van der Waals surface area contributed by atoms with E-state index >= 15 is 0 Å². The van der Waals surface area contributed by atoms with Gasteiger partial charge in [0.15, 0.2) is 0 Å². The van der Waals surface area contributed by atoms with Crippen molar-refractivity contribution in [3.8, 4) is 0 Å². The molecule has 0 spiro atoms. The Morgan fingerprint density at radius 3 is 3.00 bits per heavy atom. The first kappa shape index (κ1) is 14.7. The van der Waals surface area contributed by atoms with Crippen LogP contribution in [-0.4, -0.2) is 24.5 Å². The summed E-state index contributed by atoms with van der Waals surface area (Å²) in [5, 5.41) is 0. The van der Waals surface area contributed by atoms with E-state index in [1.165, 1.54) is 11.3 Å². The first-order valence-electron chi connectivity index (χ1n) is 7.02. The van der Waals surface area contributed by atoms with Crippen molar-refractivity contribution in [3.63, 3.8) is 0 Å². The minimum Gasteiger partial charge on any atom is -0.335 e. The van der Waals surface area contributed by atoms with Gasteiger partial charge in [0.1, 0.15) is 5.82 Å². The summed E-state index contributed by atoms with van der Waals surface area (Å²) < 4.78 is 29.7. The number of aromatic nitrogens is 2. The Morgan fingerprint density at radius 2 is 2.29 bits per heavy atom. The third kappa shape index (κ3) is 3.04. The second kappa shape index (κ2) is 5.55. The van der Waals surface area contributed by atoms with Gasteiger partial charge in [-0.2, -0.15) is 0 Å². The maximum atomic E-state index is 12.4. The summed E-state index contributed by atoms with van der Waals surface area (Å²) in [6, 6.07) is 1.75. The molecule has 1 N–H and O–H groups in total. The van der Waals surface area contributed by atoms with E-state index in [4.69, 9.17) is 0 Å². The van der Waals surface area contributed by atoms with E-state index in [2.05, 4.69) is 14.3 Å². The highest BCUT2D eigenvalue weighted by atomic mass is 32.2. The van der Waals surface area contributed by atoms with Gasteiger partial charge in [0, 0.05) is 41.7 Å². The fourth-order valence-electron chi connectivity index (χ4n) is 2.77. The number of thiophene rings is 1. The smallest absolute Gasteiger partial charge is 0.241 e. The lowest BCUT2D eigenvalue weighted by atomic mass is 9.98. The van der Waals surface area contributed by atoms with Gasteiger partial charge >= 0.3 is 0 Å². The Hall–Kier alpha value is -1.18. The van der Waals surface area contributed by atoms with E-state index in [1.807, 2.05) is 20.0 Å². The molecule has 21 heavy (non-hydrogen) atoms. The largest absolute Gasteiger partial charge is 0.335 e. The molecule has 0 radical (unpaired) electrons. The first-order valence-corrected chi connectivity index (χ1v) is 9.32. The third-order valence-electron chi connectivity index (χ3n) is 3.90. The molecule has 0 aliphatic carbocycles. The molecule has 0 fully saturated rings. The van der Waals surface area contributed by atoms with Crippen LogP contribution in [0.3, 0.4) is 0 Å². The van der Waals surface area contributed by atoms with Crippen molar-refractivity contribution >= 4 is 21.4 Å². The molecule has 1 unspecified atom stereocenters. The molecule has 2 aromatic rings. The zero-order chi connectivity index (χ0) is 15.0. The van der Waals surface area contributed by atoms with Gasteiger partial charge < -0.3 is 4.57 Å². The maximum Gasteiger partial charge on any atom is 0.241 e. The van der Waals surface area contributed by atoms with Crippen molar-refractivity contribution < 1.29 is 8.42 Å². The van der Waals surface area contributed by atoms with Crippen LogP contribution in [0.25, 0.3) is 0 Å². The maximum absolute atomic E-state index is 12.4. The van der Waals surface area contributed by atoms with Crippen LogP contribution < -0.4 is 4.72 Å². The normalized spacial score (nSPS) is 18.7. The first-order chi connectivity index (χ1) is 9.95. The van der Waals surface area contributed by atoms with Crippen molar-refractivity contribution in [2.75, 3.05) is 6.54 Å². The molecule has 0 saturated heterocycles. The van der Waals surface area contributed by atoms with Crippen molar-refractivity contribution in [2.24, 2.45) is 5.92 Å². The fourth-order valence-corrected chi connectivity index (χ4v) is 5.44. The average molecular weight is 325 g/mol. The summed E-state index contributed by atoms with van der Waals surface area (Å²) in [5.41, 5.74) is 0. The lowest BCUT2D eigenvalue weighted by molar-refractivity contribution is 0.379. The van der Waals surface area contributed by atoms with Crippen LogP contribution >= 0.6 is 11.3 Å². The van der Waals surface area contributed by atoms with Gasteiger partial charge in [-0.15, -0.1) is 11.3 Å². The standard InChI is InChI=1S/C14H19N3O2S2/c1-10-7-13(11(2)20-10)21(18,19)16-9-12-3-5-17-6-4-15-14(17)8-12/h4,6-7,12,16H,3,5,8-9H2,1-2H3. The van der Waals surface area contributed by atoms with Crippen molar-refractivity contribution in [1.29, 1.82) is 0 Å². The van der Waals surface area contributed by atoms with E-state index in [1.54, 1.807) is 12.3 Å². The molecule has 2 aromatic heterocycles. The van der Waals surface area contributed by atoms with Gasteiger partial charge in [-0.25, -0.2) is 18.1 Å². The van der Waals surface area contributed by atoms with Crippen LogP contribution in [-0.2, 0) is 23.0 Å². The van der Waals surface area contributed by atoms with E-state index in [9.17, 15) is 8.42 Å². The highest BCUT2D eigenvalue weighted by Gasteiger charge is 2.23. The highest BCUT2D eigenvalue weighted by molar-refractivity contribution is 7.89. The number of nitrogens with zero attached hydrogens (tertiary/aromatic N) is 2. The Balaban J connectivity index is 1.67. The van der Waals surface area contributed by atoms with Crippen LogP contribution in [0.5, 0.6) is 0 Å². The van der Waals surface area contributed by atoms with Crippen molar-refractivity contribution in [1.82, 2.24) is 14.3 Å². The number of imidazole rings is 1. The lowest BCUT2D eigenvalue weighted by Crippen LogP contribution is -2.33. The van der Waals surface area contributed by atoms with Gasteiger partial charge in [0.25, 0.3) is 0 Å². The summed E-state index contributed by atoms with van der Waals surface area (Å²) in [7, 11) is -3.40. The summed E-state index contributed by atoms with van der Waals surface area (Å²) in [6.45, 7) is 5.17. The van der Waals surface area contributed by atoms with Gasteiger partial charge in [0.2, 0.25) is 10.0 Å². The van der Waals surface area contributed by atoms with Crippen molar-refractivity contribution in [3.05, 3.63) is 34.0 Å². The molecule has 114 valence electrons. The molecule has 0 saturated carbocycles. The topological polar surface area (TPSA) is 64.0 Å². The molecule has 7 heteroatoms. The van der Waals surface area contributed by atoms with Crippen LogP contribution in [0.15, 0.2) is 23.4 Å². The van der Waals surface area contributed by atoms with E-state index < -0.39 is 10.0 Å². The molecule has 1 atom stereocenters. The van der Waals surface area contributed by atoms with Gasteiger partial charge in [-0.05, 0) is 32.3 Å². The van der Waals surface area contributed by atoms with E-state index in [0.29, 0.717) is 17.4 Å². The number of rotatable bonds is 4. The third-order valence-corrected chi connectivity index (χ3v) is 6.54. The molecule has 0 aromatic carbocycles. The Labute approximate surface area is 129 Å². The molecule has 3 rings (SSSR count). The molecule has 1 aliphatic rings. The minimum absolute atomic E-state index is 0.315. The molecule has 3 heterocycles. The number of sulfonamides is 1. The highest BCUT2D eigenvalue weighted by Crippen LogP contribution is 2.25. The zero-order valence-electron chi connectivity index (χ0n) is 12.2. The fraction of sp³-hybridized carbons (Fsp3) is 0.500. The predicted molar refractivity (Wildman–Crippen MR) is 83.0 cm³/mol. The summed E-state index contributed by atoms with van der Waals surface area (Å²) >= 11 is 1.52. The quantitative estimate of drug-likeness (QED) is 0.936. The van der Waals surface area contributed by atoms with Gasteiger partial charge in [-0.1, -0.05) is 0 Å². The molecule has 5 nitrogen and oxygen atoms in total. The number of fused-ring (bicyclic) bond motifs is 1. The van der Waals surface area contributed by atoms with Crippen LogP contribution in [0.2, 0.25) is 0 Å². The summed E-state index contributed by atoms with van der Waals surface area (Å²) in [6.07, 6.45) is 5.59. The van der Waals surface area contributed by atoms with Gasteiger partial charge in [0.05, 0.1) is 4.90 Å². The molecule has 1 aliphatic heterocycles. The SMILES string of the molecule is Cc1cc(S(=O)(=O)NCC2CCn3ccnc3C2)c(C)s1. The number of nitrogens with one attached hydrogen (secondary N) is 1. The summed E-state index contributed by atoms with van der Waals surface area (Å²) in [4.78, 5) is 6.60. The number of hydrogen-bond donors (Lipinski definition) is 1. The van der Waals surface area contributed by atoms with E-state index in [-0.39, 0.29) is 0 Å². The Bertz CT molecular complexity index is 746. The second-order valence-electron chi connectivity index (χ2n) is 5.53. The van der Waals surface area contributed by atoms with Crippen LogP contribution in [0.4, 0.5) is 0 Å².